The molecule has 2 heteroatoms. The molecule has 1 saturated heterocycles. The van der Waals surface area contributed by atoms with E-state index in [1.54, 1.807) is 0 Å². The van der Waals surface area contributed by atoms with Crippen LogP contribution >= 0.6 is 0 Å². The molecule has 0 aromatic heterocycles. The molecule has 0 saturated carbocycles. The maximum atomic E-state index is 5.67. The summed E-state index contributed by atoms with van der Waals surface area (Å²) in [5.41, 5.74) is 0. The number of hydrogen-bond acceptors (Lipinski definition) is 2. The van der Waals surface area contributed by atoms with Crippen LogP contribution in [0.4, 0.5) is 0 Å². The zero-order valence-electron chi connectivity index (χ0n) is 7.89. The highest BCUT2D eigenvalue weighted by atomic mass is 16.7. The quantitative estimate of drug-likeness (QED) is 0.583. The monoisotopic (exact) mass is 158 g/mol. The van der Waals surface area contributed by atoms with Gasteiger partial charge < -0.3 is 9.47 Å². The van der Waals surface area contributed by atoms with Crippen molar-refractivity contribution in [1.82, 2.24) is 0 Å². The van der Waals surface area contributed by atoms with Crippen LogP contribution in [0.15, 0.2) is 0 Å². The third-order valence-corrected chi connectivity index (χ3v) is 1.99. The first-order valence-corrected chi connectivity index (χ1v) is 4.39. The van der Waals surface area contributed by atoms with Crippen molar-refractivity contribution in [3.63, 3.8) is 0 Å². The van der Waals surface area contributed by atoms with Crippen LogP contribution in [0.1, 0.15) is 40.5 Å². The fourth-order valence-electron chi connectivity index (χ4n) is 1.63. The van der Waals surface area contributed by atoms with Crippen LogP contribution in [-0.2, 0) is 9.47 Å². The summed E-state index contributed by atoms with van der Waals surface area (Å²) < 4.78 is 11.3. The van der Waals surface area contributed by atoms with Gasteiger partial charge in [-0.1, -0.05) is 6.92 Å². The molecule has 0 N–H and O–H groups in total. The van der Waals surface area contributed by atoms with Crippen molar-refractivity contribution in [2.24, 2.45) is 0 Å². The van der Waals surface area contributed by atoms with Gasteiger partial charge in [0.15, 0.2) is 5.79 Å². The Morgan fingerprint density at radius 2 is 2.00 bits per heavy atom. The van der Waals surface area contributed by atoms with Crippen molar-refractivity contribution in [3.05, 3.63) is 0 Å². The average Bonchev–Trinajstić information content (AvgIpc) is 1.83. The Balaban J connectivity index is 2.51. The molecule has 66 valence electrons. The molecule has 0 bridgehead atoms. The maximum absolute atomic E-state index is 5.67. The first-order chi connectivity index (χ1) is 5.03. The molecule has 0 aliphatic carbocycles. The van der Waals surface area contributed by atoms with Crippen molar-refractivity contribution in [3.8, 4) is 0 Å². The summed E-state index contributed by atoms with van der Waals surface area (Å²) in [6.45, 7) is 8.21. The van der Waals surface area contributed by atoms with Crippen molar-refractivity contribution >= 4 is 0 Å². The lowest BCUT2D eigenvalue weighted by atomic mass is 10.1. The van der Waals surface area contributed by atoms with Crippen molar-refractivity contribution in [1.29, 1.82) is 0 Å². The van der Waals surface area contributed by atoms with Gasteiger partial charge in [-0.05, 0) is 33.6 Å². The van der Waals surface area contributed by atoms with E-state index in [1.807, 2.05) is 13.8 Å². The zero-order valence-corrected chi connectivity index (χ0v) is 7.89. The smallest absolute Gasteiger partial charge is 0.163 e. The Bertz CT molecular complexity index is 132. The summed E-state index contributed by atoms with van der Waals surface area (Å²) in [5.74, 6) is -0.377. The standard InChI is InChI=1S/C9H18O2/c1-5-8-6-7(2)10-9(3,4)11-8/h7-8H,5-6H2,1-4H3/t7-,8+/m1/s1. The van der Waals surface area contributed by atoms with Gasteiger partial charge in [-0.15, -0.1) is 0 Å². The lowest BCUT2D eigenvalue weighted by molar-refractivity contribution is -0.296. The van der Waals surface area contributed by atoms with Crippen LogP contribution in [0.25, 0.3) is 0 Å². The molecule has 0 aromatic rings. The molecule has 2 atom stereocenters. The number of rotatable bonds is 1. The fraction of sp³-hybridized carbons (Fsp3) is 1.00. The maximum Gasteiger partial charge on any atom is 0.163 e. The van der Waals surface area contributed by atoms with E-state index in [4.69, 9.17) is 9.47 Å². The second kappa shape index (κ2) is 3.11. The minimum Gasteiger partial charge on any atom is -0.347 e. The highest BCUT2D eigenvalue weighted by Gasteiger charge is 2.32. The minimum atomic E-state index is -0.377. The van der Waals surface area contributed by atoms with Gasteiger partial charge >= 0.3 is 0 Å². The second-order valence-corrected chi connectivity index (χ2v) is 3.71. The Kier molecular flexibility index (Phi) is 2.55. The lowest BCUT2D eigenvalue weighted by Crippen LogP contribution is -2.43. The third kappa shape index (κ3) is 2.46. The number of hydrogen-bond donors (Lipinski definition) is 0. The predicted octanol–water partition coefficient (Wildman–Crippen LogP) is 2.33. The Labute approximate surface area is 68.9 Å². The average molecular weight is 158 g/mol. The molecule has 1 rings (SSSR count). The van der Waals surface area contributed by atoms with Gasteiger partial charge in [-0.3, -0.25) is 0 Å². The highest BCUT2D eigenvalue weighted by Crippen LogP contribution is 2.27. The van der Waals surface area contributed by atoms with Crippen LogP contribution in [0.2, 0.25) is 0 Å². The van der Waals surface area contributed by atoms with Gasteiger partial charge in [-0.2, -0.15) is 0 Å². The normalized spacial score (nSPS) is 37.1. The van der Waals surface area contributed by atoms with Crippen LogP contribution in [0, 0.1) is 0 Å². The Morgan fingerprint density at radius 3 is 2.45 bits per heavy atom. The third-order valence-electron chi connectivity index (χ3n) is 1.99. The van der Waals surface area contributed by atoms with Gasteiger partial charge in [-0.25, -0.2) is 0 Å². The SMILES string of the molecule is CC[C@H]1C[C@@H](C)OC(C)(C)O1. The molecule has 11 heavy (non-hydrogen) atoms. The molecule has 1 fully saturated rings. The molecule has 0 radical (unpaired) electrons. The first kappa shape index (κ1) is 9.01. The molecule has 2 nitrogen and oxygen atoms in total. The molecule has 0 amide bonds. The van der Waals surface area contributed by atoms with Gasteiger partial charge in [0.2, 0.25) is 0 Å². The zero-order chi connectivity index (χ0) is 8.48. The molecular weight excluding hydrogens is 140 g/mol. The summed E-state index contributed by atoms with van der Waals surface area (Å²) in [7, 11) is 0. The predicted molar refractivity (Wildman–Crippen MR) is 44.4 cm³/mol. The van der Waals surface area contributed by atoms with Crippen LogP contribution < -0.4 is 0 Å². The van der Waals surface area contributed by atoms with Crippen LogP contribution in [0.5, 0.6) is 0 Å². The molecule has 0 unspecified atom stereocenters. The van der Waals surface area contributed by atoms with Gasteiger partial charge in [0.1, 0.15) is 0 Å². The summed E-state index contributed by atoms with van der Waals surface area (Å²) in [4.78, 5) is 0. The number of ether oxygens (including phenoxy) is 2. The summed E-state index contributed by atoms with van der Waals surface area (Å²) in [6, 6.07) is 0. The van der Waals surface area contributed by atoms with E-state index in [1.165, 1.54) is 0 Å². The topological polar surface area (TPSA) is 18.5 Å². The molecule has 1 aliphatic heterocycles. The van der Waals surface area contributed by atoms with E-state index in [0.717, 1.165) is 12.8 Å². The van der Waals surface area contributed by atoms with Crippen molar-refractivity contribution < 1.29 is 9.47 Å². The lowest BCUT2D eigenvalue weighted by Gasteiger charge is -2.39. The van der Waals surface area contributed by atoms with Crippen LogP contribution in [0.3, 0.4) is 0 Å². The van der Waals surface area contributed by atoms with Crippen LogP contribution in [-0.4, -0.2) is 18.0 Å². The van der Waals surface area contributed by atoms with E-state index in [9.17, 15) is 0 Å². The van der Waals surface area contributed by atoms with E-state index in [0.29, 0.717) is 12.2 Å². The van der Waals surface area contributed by atoms with E-state index in [2.05, 4.69) is 13.8 Å². The van der Waals surface area contributed by atoms with Gasteiger partial charge in [0.05, 0.1) is 12.2 Å². The summed E-state index contributed by atoms with van der Waals surface area (Å²) in [6.07, 6.45) is 2.83. The van der Waals surface area contributed by atoms with E-state index in [-0.39, 0.29) is 5.79 Å². The Hall–Kier alpha value is -0.0800. The summed E-state index contributed by atoms with van der Waals surface area (Å²) in [5, 5.41) is 0. The molecule has 1 aliphatic rings. The largest absolute Gasteiger partial charge is 0.347 e. The molecular formula is C9H18O2. The molecule has 1 heterocycles. The second-order valence-electron chi connectivity index (χ2n) is 3.71. The molecule has 0 aromatic carbocycles. The fourth-order valence-corrected chi connectivity index (χ4v) is 1.63. The highest BCUT2D eigenvalue weighted by molar-refractivity contribution is 4.72. The molecule has 0 spiro atoms. The first-order valence-electron chi connectivity index (χ1n) is 4.39. The minimum absolute atomic E-state index is 0.337. The van der Waals surface area contributed by atoms with E-state index >= 15 is 0 Å². The van der Waals surface area contributed by atoms with Crippen molar-refractivity contribution in [2.45, 2.75) is 58.5 Å². The summed E-state index contributed by atoms with van der Waals surface area (Å²) >= 11 is 0. The van der Waals surface area contributed by atoms with Gasteiger partial charge in [0, 0.05) is 0 Å². The van der Waals surface area contributed by atoms with Gasteiger partial charge in [0.25, 0.3) is 0 Å². The van der Waals surface area contributed by atoms with Crippen molar-refractivity contribution in [2.75, 3.05) is 0 Å². The van der Waals surface area contributed by atoms with E-state index < -0.39 is 0 Å². The Morgan fingerprint density at radius 1 is 1.36 bits per heavy atom.